The molecule has 1 nitrogen and oxygen atoms in total. The largest absolute Gasteiger partial charge is 0.338 e. The Balaban J connectivity index is 1.23. The summed E-state index contributed by atoms with van der Waals surface area (Å²) in [6.45, 7) is 0. The van der Waals surface area contributed by atoms with Gasteiger partial charge in [0.25, 0.3) is 0 Å². The van der Waals surface area contributed by atoms with Crippen LogP contribution in [0.2, 0.25) is 0 Å². The molecular formula is C47H47N. The second-order valence-corrected chi connectivity index (χ2v) is 15.5. The van der Waals surface area contributed by atoms with E-state index in [1.54, 1.807) is 50.1 Å². The van der Waals surface area contributed by atoms with Crippen molar-refractivity contribution >= 4 is 11.3 Å². The first-order valence-corrected chi connectivity index (χ1v) is 19.1. The van der Waals surface area contributed by atoms with E-state index in [-0.39, 0.29) is 0 Å². The summed E-state index contributed by atoms with van der Waals surface area (Å²) in [4.78, 5) is 2.78. The Labute approximate surface area is 287 Å². The monoisotopic (exact) mass is 625 g/mol. The van der Waals surface area contributed by atoms with Crippen LogP contribution in [0.4, 0.5) is 5.69 Å². The number of allylic oxidation sites excluding steroid dienone is 10. The van der Waals surface area contributed by atoms with Crippen molar-refractivity contribution in [1.29, 1.82) is 0 Å². The lowest BCUT2D eigenvalue weighted by Gasteiger charge is -2.51. The summed E-state index contributed by atoms with van der Waals surface area (Å²) in [5, 5.41) is 0. The number of rotatable bonds is 3. The van der Waals surface area contributed by atoms with Gasteiger partial charge in [-0.05, 0) is 163 Å². The van der Waals surface area contributed by atoms with Crippen molar-refractivity contribution in [3.05, 3.63) is 165 Å². The molecule has 1 heteroatoms. The number of hydrogen-bond donors (Lipinski definition) is 0. The van der Waals surface area contributed by atoms with Crippen molar-refractivity contribution < 1.29 is 0 Å². The van der Waals surface area contributed by atoms with Crippen LogP contribution in [0.5, 0.6) is 0 Å². The predicted octanol–water partition coefficient (Wildman–Crippen LogP) is 11.2. The fourth-order valence-corrected chi connectivity index (χ4v) is 11.0. The summed E-state index contributed by atoms with van der Waals surface area (Å²) in [5.41, 5.74) is 19.0. The van der Waals surface area contributed by atoms with E-state index in [2.05, 4.69) is 114 Å². The zero-order valence-electron chi connectivity index (χ0n) is 28.2. The Morgan fingerprint density at radius 2 is 1.44 bits per heavy atom. The lowest BCUT2D eigenvalue weighted by Crippen LogP contribution is -2.46. The molecule has 48 heavy (non-hydrogen) atoms. The summed E-state index contributed by atoms with van der Waals surface area (Å²) in [6, 6.07) is 26.5. The van der Waals surface area contributed by atoms with Crippen LogP contribution in [0.1, 0.15) is 90.7 Å². The quantitative estimate of drug-likeness (QED) is 0.262. The molecule has 1 aliphatic heterocycles. The standard InChI is InChI=1S/C47H47N/c1-2-19-35(20-3-1)48-44-27-11-6-16-33(44)28-34-29-42-43(30-45(34)48)47(39-26-13-18-32-15-5-8-22-37(32)39)41-24-10-9-23-40(41)46(42)38-25-12-17-31-14-4-7-21-36(31)38/h1-3,6,9-13,17-20,23-26,30,33,40,42,44,46H,4-5,7-8,14-16,21-22,27-29H2. The van der Waals surface area contributed by atoms with Crippen LogP contribution in [0.15, 0.2) is 132 Å². The van der Waals surface area contributed by atoms with E-state index in [1.165, 1.54) is 87.6 Å². The van der Waals surface area contributed by atoms with Gasteiger partial charge in [0.05, 0.1) is 0 Å². The number of fused-ring (bicyclic) bond motifs is 5. The minimum atomic E-state index is 0.404. The highest BCUT2D eigenvalue weighted by molar-refractivity contribution is 5.89. The molecule has 3 aromatic carbocycles. The molecule has 7 aliphatic rings. The normalized spacial score (nSPS) is 28.5. The average Bonchev–Trinajstić information content (AvgIpc) is 3.15. The van der Waals surface area contributed by atoms with Gasteiger partial charge < -0.3 is 4.90 Å². The molecule has 0 saturated heterocycles. The van der Waals surface area contributed by atoms with Crippen LogP contribution in [-0.2, 0) is 25.7 Å². The molecule has 0 spiro atoms. The smallest absolute Gasteiger partial charge is 0.0413 e. The van der Waals surface area contributed by atoms with Crippen LogP contribution in [0.25, 0.3) is 5.57 Å². The van der Waals surface area contributed by atoms with Crippen molar-refractivity contribution in [1.82, 2.24) is 0 Å². The number of hydrogen-bond acceptors (Lipinski definition) is 1. The van der Waals surface area contributed by atoms with Crippen molar-refractivity contribution in [3.63, 3.8) is 0 Å². The second kappa shape index (κ2) is 11.8. The van der Waals surface area contributed by atoms with E-state index in [0.717, 1.165) is 6.42 Å². The molecule has 6 aliphatic carbocycles. The number of aryl methyl sites for hydroxylation is 2. The Bertz CT molecular complexity index is 1960. The van der Waals surface area contributed by atoms with Gasteiger partial charge in [-0.3, -0.25) is 0 Å². The van der Waals surface area contributed by atoms with Gasteiger partial charge >= 0.3 is 0 Å². The molecule has 5 unspecified atom stereocenters. The van der Waals surface area contributed by atoms with Crippen molar-refractivity contribution in [2.24, 2.45) is 17.8 Å². The molecule has 3 aromatic rings. The van der Waals surface area contributed by atoms with Gasteiger partial charge in [-0.25, -0.2) is 0 Å². The molecule has 10 rings (SSSR count). The van der Waals surface area contributed by atoms with Crippen molar-refractivity contribution in [2.75, 3.05) is 4.90 Å². The molecule has 240 valence electrons. The van der Waals surface area contributed by atoms with Crippen molar-refractivity contribution in [2.45, 2.75) is 89.0 Å². The summed E-state index contributed by atoms with van der Waals surface area (Å²) in [5.74, 6) is 2.03. The van der Waals surface area contributed by atoms with Gasteiger partial charge in [-0.1, -0.05) is 91.1 Å². The van der Waals surface area contributed by atoms with E-state index in [4.69, 9.17) is 0 Å². The maximum Gasteiger partial charge on any atom is 0.0413 e. The first kappa shape index (κ1) is 28.9. The summed E-state index contributed by atoms with van der Waals surface area (Å²) < 4.78 is 0. The molecule has 1 heterocycles. The lowest BCUT2D eigenvalue weighted by molar-refractivity contribution is 0.344. The third-order valence-electron chi connectivity index (χ3n) is 13.1. The zero-order valence-corrected chi connectivity index (χ0v) is 28.2. The van der Waals surface area contributed by atoms with E-state index >= 15 is 0 Å². The van der Waals surface area contributed by atoms with Gasteiger partial charge in [0.1, 0.15) is 0 Å². The van der Waals surface area contributed by atoms with Crippen molar-refractivity contribution in [3.8, 4) is 0 Å². The second-order valence-electron chi connectivity index (χ2n) is 15.5. The molecular weight excluding hydrogens is 579 g/mol. The molecule has 0 saturated carbocycles. The highest BCUT2D eigenvalue weighted by Gasteiger charge is 2.47. The fourth-order valence-electron chi connectivity index (χ4n) is 11.0. The van der Waals surface area contributed by atoms with Crippen LogP contribution in [-0.4, -0.2) is 6.04 Å². The number of nitrogens with zero attached hydrogens (tertiary/aromatic N) is 1. The summed E-state index contributed by atoms with van der Waals surface area (Å²) in [7, 11) is 0. The first-order chi connectivity index (χ1) is 23.8. The van der Waals surface area contributed by atoms with Gasteiger partial charge in [-0.15, -0.1) is 0 Å². The minimum absolute atomic E-state index is 0.404. The molecule has 0 amide bonds. The number of para-hydroxylation sites is 1. The molecule has 0 aromatic heterocycles. The van der Waals surface area contributed by atoms with Gasteiger partial charge in [0.2, 0.25) is 0 Å². The molecule has 0 bridgehead atoms. The molecule has 0 radical (unpaired) electrons. The average molecular weight is 626 g/mol. The van der Waals surface area contributed by atoms with Gasteiger partial charge in [-0.2, -0.15) is 0 Å². The van der Waals surface area contributed by atoms with Crippen LogP contribution in [0.3, 0.4) is 0 Å². The fraction of sp³-hybridized carbons (Fsp3) is 0.362. The topological polar surface area (TPSA) is 3.24 Å². The molecule has 0 N–H and O–H groups in total. The number of anilines is 1. The van der Waals surface area contributed by atoms with Gasteiger partial charge in [0, 0.05) is 29.3 Å². The van der Waals surface area contributed by atoms with Crippen LogP contribution < -0.4 is 4.90 Å². The van der Waals surface area contributed by atoms with E-state index in [9.17, 15) is 0 Å². The van der Waals surface area contributed by atoms with Gasteiger partial charge in [0.15, 0.2) is 0 Å². The highest BCUT2D eigenvalue weighted by Crippen LogP contribution is 2.59. The van der Waals surface area contributed by atoms with E-state index in [0.29, 0.717) is 29.7 Å². The molecule has 0 fully saturated rings. The molecule has 5 atom stereocenters. The minimum Gasteiger partial charge on any atom is -0.338 e. The Hall–Kier alpha value is -4.10. The SMILES string of the molecule is C1=CC2=C(c3cccc4c3CCCC4)C3=CC4=C(CC5CC=CCC5N4c4ccccc4)CC3C(c3cccc4c3CCCC4)C2C=C1. The summed E-state index contributed by atoms with van der Waals surface area (Å²) in [6.07, 6.45) is 32.3. The maximum absolute atomic E-state index is 2.78. The third kappa shape index (κ3) is 4.57. The van der Waals surface area contributed by atoms with E-state index < -0.39 is 0 Å². The maximum atomic E-state index is 2.78. The van der Waals surface area contributed by atoms with Crippen LogP contribution >= 0.6 is 0 Å². The predicted molar refractivity (Wildman–Crippen MR) is 200 cm³/mol. The Morgan fingerprint density at radius 1 is 0.667 bits per heavy atom. The lowest BCUT2D eigenvalue weighted by atomic mass is 9.57. The van der Waals surface area contributed by atoms with E-state index in [1.807, 2.05) is 0 Å². The third-order valence-corrected chi connectivity index (χ3v) is 13.1. The first-order valence-electron chi connectivity index (χ1n) is 19.1. The Morgan fingerprint density at radius 3 is 2.31 bits per heavy atom. The summed E-state index contributed by atoms with van der Waals surface area (Å²) >= 11 is 0. The Kier molecular flexibility index (Phi) is 7.10. The zero-order chi connectivity index (χ0) is 31.6. The number of benzene rings is 3. The van der Waals surface area contributed by atoms with Crippen LogP contribution in [0, 0.1) is 17.8 Å². The highest BCUT2D eigenvalue weighted by atomic mass is 15.2.